The van der Waals surface area contributed by atoms with Crippen molar-refractivity contribution in [1.82, 2.24) is 0 Å². The first kappa shape index (κ1) is 17.0. The summed E-state index contributed by atoms with van der Waals surface area (Å²) in [6.45, 7) is 0. The first-order chi connectivity index (χ1) is 10.9. The van der Waals surface area contributed by atoms with Crippen molar-refractivity contribution in [3.8, 4) is 6.07 Å². The van der Waals surface area contributed by atoms with E-state index in [-0.39, 0.29) is 5.56 Å². The molecule has 0 bridgehead atoms. The summed E-state index contributed by atoms with van der Waals surface area (Å²) in [5, 5.41) is 9.65. The van der Waals surface area contributed by atoms with Crippen molar-refractivity contribution < 1.29 is 22.7 Å². The van der Waals surface area contributed by atoms with E-state index in [2.05, 4.69) is 0 Å². The molecule has 3 nitrogen and oxygen atoms in total. The molecule has 6 heteroatoms. The zero-order chi connectivity index (χ0) is 17.0. The lowest BCUT2D eigenvalue weighted by Gasteiger charge is -2.28. The first-order valence-corrected chi connectivity index (χ1v) is 6.87. The van der Waals surface area contributed by atoms with E-state index in [0.29, 0.717) is 10.8 Å². The van der Waals surface area contributed by atoms with E-state index >= 15 is 0 Å². The molecule has 2 aromatic rings. The van der Waals surface area contributed by atoms with Gasteiger partial charge < -0.3 is 4.74 Å². The molecule has 2 aromatic carbocycles. The van der Waals surface area contributed by atoms with Gasteiger partial charge in [0.15, 0.2) is 5.78 Å². The number of rotatable bonds is 5. The Bertz CT molecular complexity index is 744. The summed E-state index contributed by atoms with van der Waals surface area (Å²) in [6, 6.07) is 12.8. The Balaban J connectivity index is 2.63. The van der Waals surface area contributed by atoms with Crippen LogP contribution < -0.4 is 0 Å². The second-order valence-electron chi connectivity index (χ2n) is 5.05. The van der Waals surface area contributed by atoms with Gasteiger partial charge in [0, 0.05) is 7.11 Å². The van der Waals surface area contributed by atoms with Crippen LogP contribution in [0.15, 0.2) is 42.5 Å². The number of methoxy groups -OCH3 is 1. The molecule has 0 aromatic heterocycles. The summed E-state index contributed by atoms with van der Waals surface area (Å²) in [6.07, 6.45) is -7.06. The number of nitrogens with zero attached hydrogens (tertiary/aromatic N) is 1. The molecule has 0 aliphatic rings. The molecule has 0 aliphatic heterocycles. The van der Waals surface area contributed by atoms with Crippen LogP contribution in [0.3, 0.4) is 0 Å². The number of Topliss-reactive ketones (excluding diaryl/α,β-unsaturated/α-hetero) is 1. The van der Waals surface area contributed by atoms with Gasteiger partial charge in [-0.3, -0.25) is 4.79 Å². The predicted octanol–water partition coefficient (Wildman–Crippen LogP) is 3.98. The number of halogens is 3. The zero-order valence-corrected chi connectivity index (χ0v) is 12.3. The second kappa shape index (κ2) is 6.80. The van der Waals surface area contributed by atoms with Gasteiger partial charge in [-0.15, -0.1) is 0 Å². The van der Waals surface area contributed by atoms with Crippen molar-refractivity contribution in [3.63, 3.8) is 0 Å². The van der Waals surface area contributed by atoms with Crippen molar-refractivity contribution in [2.75, 3.05) is 7.11 Å². The number of ether oxygens (including phenoxy) is 1. The molecule has 0 fully saturated rings. The Morgan fingerprint density at radius 2 is 1.87 bits per heavy atom. The summed E-state index contributed by atoms with van der Waals surface area (Å²) in [4.78, 5) is 11.9. The van der Waals surface area contributed by atoms with Crippen LogP contribution in [0.1, 0.15) is 17.9 Å². The Kier molecular flexibility index (Phi) is 5.02. The summed E-state index contributed by atoms with van der Waals surface area (Å²) in [5.74, 6) is -3.01. The highest BCUT2D eigenvalue weighted by molar-refractivity contribution is 5.90. The molecule has 0 aliphatic carbocycles. The molecule has 23 heavy (non-hydrogen) atoms. The standard InChI is InChI=1S/C17H14F3NO2/c1-23-16(14(22)9-10-21)15(17(18,19)20)13-8-4-6-11-5-2-3-7-12(11)13/h2-8,15-16H,9H2,1H3. The largest absolute Gasteiger partial charge is 0.398 e. The van der Waals surface area contributed by atoms with Crippen LogP contribution in [0.25, 0.3) is 10.8 Å². The van der Waals surface area contributed by atoms with Gasteiger partial charge in [0.1, 0.15) is 12.0 Å². The Labute approximate surface area is 131 Å². The van der Waals surface area contributed by atoms with Crippen molar-refractivity contribution in [2.45, 2.75) is 24.6 Å². The number of fused-ring (bicyclic) bond motifs is 1. The van der Waals surface area contributed by atoms with Gasteiger partial charge in [0.25, 0.3) is 0 Å². The Morgan fingerprint density at radius 3 is 2.48 bits per heavy atom. The van der Waals surface area contributed by atoms with Gasteiger partial charge in [-0.2, -0.15) is 18.4 Å². The summed E-state index contributed by atoms with van der Waals surface area (Å²) in [7, 11) is 1.05. The van der Waals surface area contributed by atoms with E-state index in [9.17, 15) is 18.0 Å². The molecule has 0 amide bonds. The summed E-state index contributed by atoms with van der Waals surface area (Å²) >= 11 is 0. The van der Waals surface area contributed by atoms with Crippen molar-refractivity contribution >= 4 is 16.6 Å². The smallest absolute Gasteiger partial charge is 0.373 e. The molecular formula is C17H14F3NO2. The SMILES string of the molecule is COC(C(=O)CC#N)C(c1cccc2ccccc12)C(F)(F)F. The molecule has 0 spiro atoms. The number of nitriles is 1. The highest BCUT2D eigenvalue weighted by Crippen LogP contribution is 2.41. The normalized spacial score (nSPS) is 14.2. The number of benzene rings is 2. The van der Waals surface area contributed by atoms with E-state index in [1.807, 2.05) is 0 Å². The molecule has 2 unspecified atom stereocenters. The van der Waals surface area contributed by atoms with Gasteiger partial charge in [-0.25, -0.2) is 0 Å². The molecule has 2 rings (SSSR count). The van der Waals surface area contributed by atoms with E-state index in [1.165, 1.54) is 12.1 Å². The molecule has 120 valence electrons. The van der Waals surface area contributed by atoms with E-state index in [1.54, 1.807) is 36.4 Å². The maximum atomic E-state index is 13.7. The number of alkyl halides is 3. The van der Waals surface area contributed by atoms with Gasteiger partial charge in [-0.05, 0) is 16.3 Å². The van der Waals surface area contributed by atoms with E-state index in [0.717, 1.165) is 7.11 Å². The first-order valence-electron chi connectivity index (χ1n) is 6.87. The zero-order valence-electron chi connectivity index (χ0n) is 12.3. The molecule has 0 radical (unpaired) electrons. The molecule has 2 atom stereocenters. The van der Waals surface area contributed by atoms with Crippen LogP contribution in [0, 0.1) is 11.3 Å². The maximum absolute atomic E-state index is 13.7. The number of hydrogen-bond acceptors (Lipinski definition) is 3. The quantitative estimate of drug-likeness (QED) is 0.837. The average molecular weight is 321 g/mol. The lowest BCUT2D eigenvalue weighted by molar-refractivity contribution is -0.180. The Hall–Kier alpha value is -2.39. The monoisotopic (exact) mass is 321 g/mol. The van der Waals surface area contributed by atoms with Crippen LogP contribution in [0.4, 0.5) is 13.2 Å². The van der Waals surface area contributed by atoms with Crippen LogP contribution in [-0.2, 0) is 9.53 Å². The number of carbonyl (C=O) groups is 1. The average Bonchev–Trinajstić information content (AvgIpc) is 2.51. The fraction of sp³-hybridized carbons (Fsp3) is 0.294. The van der Waals surface area contributed by atoms with Gasteiger partial charge >= 0.3 is 6.18 Å². The number of carbonyl (C=O) groups excluding carboxylic acids is 1. The van der Waals surface area contributed by atoms with Crippen molar-refractivity contribution in [2.24, 2.45) is 0 Å². The minimum atomic E-state index is -4.68. The predicted molar refractivity (Wildman–Crippen MR) is 78.8 cm³/mol. The topological polar surface area (TPSA) is 50.1 Å². The summed E-state index contributed by atoms with van der Waals surface area (Å²) < 4.78 is 45.8. The third-order valence-electron chi connectivity index (χ3n) is 3.64. The molecule has 0 heterocycles. The molecular weight excluding hydrogens is 307 g/mol. The van der Waals surface area contributed by atoms with Crippen molar-refractivity contribution in [1.29, 1.82) is 5.26 Å². The third kappa shape index (κ3) is 3.51. The number of ketones is 1. The van der Waals surface area contributed by atoms with Crippen LogP contribution >= 0.6 is 0 Å². The molecule has 0 saturated heterocycles. The van der Waals surface area contributed by atoms with Crippen LogP contribution in [-0.4, -0.2) is 25.2 Å². The van der Waals surface area contributed by atoms with E-state index in [4.69, 9.17) is 10.00 Å². The maximum Gasteiger partial charge on any atom is 0.398 e. The minimum absolute atomic E-state index is 0.0336. The van der Waals surface area contributed by atoms with Crippen LogP contribution in [0.5, 0.6) is 0 Å². The summed E-state index contributed by atoms with van der Waals surface area (Å²) in [5.41, 5.74) is -0.0336. The van der Waals surface area contributed by atoms with Gasteiger partial charge in [-0.1, -0.05) is 42.5 Å². The van der Waals surface area contributed by atoms with Gasteiger partial charge in [0.2, 0.25) is 0 Å². The molecule has 0 saturated carbocycles. The second-order valence-corrected chi connectivity index (χ2v) is 5.05. The number of hydrogen-bond donors (Lipinski definition) is 0. The lowest BCUT2D eigenvalue weighted by atomic mass is 9.86. The van der Waals surface area contributed by atoms with Crippen LogP contribution in [0.2, 0.25) is 0 Å². The third-order valence-corrected chi connectivity index (χ3v) is 3.64. The Morgan fingerprint density at radius 1 is 1.22 bits per heavy atom. The fourth-order valence-electron chi connectivity index (χ4n) is 2.66. The fourth-order valence-corrected chi connectivity index (χ4v) is 2.66. The van der Waals surface area contributed by atoms with Crippen molar-refractivity contribution in [3.05, 3.63) is 48.0 Å². The minimum Gasteiger partial charge on any atom is -0.373 e. The lowest BCUT2D eigenvalue weighted by Crippen LogP contribution is -2.38. The molecule has 0 N–H and O–H groups in total. The van der Waals surface area contributed by atoms with Gasteiger partial charge in [0.05, 0.1) is 12.5 Å². The highest BCUT2D eigenvalue weighted by Gasteiger charge is 2.49. The highest BCUT2D eigenvalue weighted by atomic mass is 19.4. The van der Waals surface area contributed by atoms with E-state index < -0.39 is 30.4 Å².